The highest BCUT2D eigenvalue weighted by atomic mass is 15.1. The van der Waals surface area contributed by atoms with Gasteiger partial charge in [-0.2, -0.15) is 0 Å². The molecule has 0 saturated carbocycles. The number of benzene rings is 9. The highest BCUT2D eigenvalue weighted by Crippen LogP contribution is 2.55. The number of aromatic nitrogens is 1. The first kappa shape index (κ1) is 31.4. The van der Waals surface area contributed by atoms with Crippen molar-refractivity contribution in [2.45, 2.75) is 6.92 Å². The summed E-state index contributed by atoms with van der Waals surface area (Å²) in [4.78, 5) is 2.48. The highest BCUT2D eigenvalue weighted by Gasteiger charge is 2.30. The molecule has 55 heavy (non-hydrogen) atoms. The Morgan fingerprint density at radius 3 is 2.00 bits per heavy atom. The SMILES string of the molecule is C=C/C=C\c1c(C)cc2cccc3c2c1-c1cccc(N(c2ccc4ccccc4c2)c2ccc4c5ccccc5n(-c5ccc6ccccc6c5)c4c2)c1-3. The fourth-order valence-electron chi connectivity index (χ4n) is 9.13. The molecule has 1 aromatic heterocycles. The zero-order chi connectivity index (χ0) is 36.6. The molecule has 9 aromatic carbocycles. The number of para-hydroxylation sites is 1. The second-order valence-electron chi connectivity index (χ2n) is 14.6. The van der Waals surface area contributed by atoms with E-state index >= 15 is 0 Å². The molecule has 1 aliphatic rings. The standard InChI is InChI=1S/C53H36N2/c1-3-4-18-43-34(2)30-39-17-11-20-46-51(39)53(43)47-21-12-23-49(52(46)47)54(40-26-24-35-13-5-7-15-37(35)31-40)42-28-29-45-44-19-9-10-22-48(44)55(50(45)33-42)41-27-25-36-14-6-8-16-38(36)32-41/h3-33H,1H2,2H3/b18-4-. The molecule has 0 spiro atoms. The Kier molecular flexibility index (Phi) is 6.96. The van der Waals surface area contributed by atoms with Crippen LogP contribution < -0.4 is 4.90 Å². The average Bonchev–Trinajstić information content (AvgIpc) is 3.75. The summed E-state index contributed by atoms with van der Waals surface area (Å²) in [6.45, 7) is 6.21. The van der Waals surface area contributed by atoms with Crippen LogP contribution in [0.4, 0.5) is 17.1 Å². The zero-order valence-electron chi connectivity index (χ0n) is 30.5. The van der Waals surface area contributed by atoms with Crippen LogP contribution in [-0.2, 0) is 0 Å². The van der Waals surface area contributed by atoms with E-state index in [1.807, 2.05) is 6.08 Å². The number of hydrogen-bond donors (Lipinski definition) is 0. The molecule has 2 nitrogen and oxygen atoms in total. The van der Waals surface area contributed by atoms with Crippen molar-refractivity contribution in [1.29, 1.82) is 0 Å². The number of hydrogen-bond acceptors (Lipinski definition) is 1. The first-order valence-corrected chi connectivity index (χ1v) is 19.0. The van der Waals surface area contributed by atoms with Gasteiger partial charge >= 0.3 is 0 Å². The van der Waals surface area contributed by atoms with Crippen molar-refractivity contribution in [3.8, 4) is 27.9 Å². The molecule has 0 amide bonds. The minimum atomic E-state index is 1.10. The highest BCUT2D eigenvalue weighted by molar-refractivity contribution is 6.21. The molecular weight excluding hydrogens is 665 g/mol. The van der Waals surface area contributed by atoms with E-state index in [0.717, 1.165) is 22.7 Å². The van der Waals surface area contributed by atoms with Gasteiger partial charge < -0.3 is 9.47 Å². The molecule has 258 valence electrons. The number of nitrogens with zero attached hydrogens (tertiary/aromatic N) is 2. The van der Waals surface area contributed by atoms with Gasteiger partial charge in [-0.15, -0.1) is 0 Å². The first-order chi connectivity index (χ1) is 27.2. The van der Waals surface area contributed by atoms with E-state index in [1.54, 1.807) is 0 Å². The molecule has 0 bridgehead atoms. The molecule has 0 saturated heterocycles. The minimum Gasteiger partial charge on any atom is -0.310 e. The molecule has 2 heteroatoms. The second-order valence-corrected chi connectivity index (χ2v) is 14.6. The number of allylic oxidation sites excluding steroid dienone is 2. The summed E-state index contributed by atoms with van der Waals surface area (Å²) >= 11 is 0. The summed E-state index contributed by atoms with van der Waals surface area (Å²) in [5.41, 5.74) is 14.5. The van der Waals surface area contributed by atoms with Crippen LogP contribution in [0.3, 0.4) is 0 Å². The molecule has 1 aliphatic carbocycles. The van der Waals surface area contributed by atoms with Gasteiger partial charge in [0, 0.05) is 33.4 Å². The summed E-state index contributed by atoms with van der Waals surface area (Å²) < 4.78 is 2.44. The van der Waals surface area contributed by atoms with Crippen LogP contribution in [0.15, 0.2) is 189 Å². The summed E-state index contributed by atoms with van der Waals surface area (Å²) in [7, 11) is 0. The van der Waals surface area contributed by atoms with Gasteiger partial charge in [-0.25, -0.2) is 0 Å². The smallest absolute Gasteiger partial charge is 0.0561 e. The Bertz CT molecular complexity index is 3250. The Morgan fingerprint density at radius 2 is 1.16 bits per heavy atom. The maximum atomic E-state index is 3.99. The van der Waals surface area contributed by atoms with Gasteiger partial charge in [0.25, 0.3) is 0 Å². The molecule has 0 N–H and O–H groups in total. The summed E-state index contributed by atoms with van der Waals surface area (Å²) in [6, 6.07) is 62.7. The van der Waals surface area contributed by atoms with E-state index in [0.29, 0.717) is 0 Å². The summed E-state index contributed by atoms with van der Waals surface area (Å²) in [5, 5.41) is 9.95. The van der Waals surface area contributed by atoms with Gasteiger partial charge in [-0.05, 0) is 116 Å². The Balaban J connectivity index is 1.21. The zero-order valence-corrected chi connectivity index (χ0v) is 30.5. The number of aryl methyl sites for hydroxylation is 1. The first-order valence-electron chi connectivity index (χ1n) is 19.0. The van der Waals surface area contributed by atoms with Crippen LogP contribution in [0.2, 0.25) is 0 Å². The third-order valence-corrected chi connectivity index (χ3v) is 11.5. The molecule has 11 rings (SSSR count). The number of anilines is 3. The minimum absolute atomic E-state index is 1.10. The van der Waals surface area contributed by atoms with Crippen molar-refractivity contribution in [3.63, 3.8) is 0 Å². The van der Waals surface area contributed by atoms with Crippen molar-refractivity contribution in [3.05, 3.63) is 200 Å². The van der Waals surface area contributed by atoms with Crippen LogP contribution in [0.5, 0.6) is 0 Å². The molecule has 0 aliphatic heterocycles. The van der Waals surface area contributed by atoms with Gasteiger partial charge in [0.15, 0.2) is 0 Å². The van der Waals surface area contributed by atoms with Crippen molar-refractivity contribution in [2.75, 3.05) is 4.90 Å². The van der Waals surface area contributed by atoms with E-state index in [1.165, 1.54) is 87.5 Å². The third-order valence-electron chi connectivity index (χ3n) is 11.5. The Labute approximate surface area is 320 Å². The van der Waals surface area contributed by atoms with Crippen molar-refractivity contribution in [1.82, 2.24) is 4.57 Å². The van der Waals surface area contributed by atoms with E-state index in [4.69, 9.17) is 0 Å². The molecule has 10 aromatic rings. The van der Waals surface area contributed by atoms with Crippen molar-refractivity contribution < 1.29 is 0 Å². The van der Waals surface area contributed by atoms with Crippen LogP contribution in [0, 0.1) is 6.92 Å². The summed E-state index contributed by atoms with van der Waals surface area (Å²) in [5.74, 6) is 0. The van der Waals surface area contributed by atoms with E-state index in [9.17, 15) is 0 Å². The lowest BCUT2D eigenvalue weighted by Gasteiger charge is -2.28. The van der Waals surface area contributed by atoms with Gasteiger partial charge in [0.05, 0.1) is 16.7 Å². The fraction of sp³-hybridized carbons (Fsp3) is 0.0189. The average molecular weight is 701 g/mol. The lowest BCUT2D eigenvalue weighted by Crippen LogP contribution is -2.11. The van der Waals surface area contributed by atoms with E-state index in [2.05, 4.69) is 205 Å². The normalized spacial score (nSPS) is 12.1. The molecule has 0 radical (unpaired) electrons. The molecule has 0 atom stereocenters. The quantitative estimate of drug-likeness (QED) is 0.157. The number of fused-ring (bicyclic) bond motifs is 8. The van der Waals surface area contributed by atoms with Gasteiger partial charge in [0.1, 0.15) is 0 Å². The largest absolute Gasteiger partial charge is 0.310 e. The lowest BCUT2D eigenvalue weighted by atomic mass is 9.93. The van der Waals surface area contributed by atoms with Gasteiger partial charge in [0.2, 0.25) is 0 Å². The Hall–Kier alpha value is -7.16. The van der Waals surface area contributed by atoms with Crippen LogP contribution >= 0.6 is 0 Å². The molecular formula is C53H36N2. The lowest BCUT2D eigenvalue weighted by molar-refractivity contribution is 1.18. The van der Waals surface area contributed by atoms with Crippen LogP contribution in [0.1, 0.15) is 11.1 Å². The second kappa shape index (κ2) is 12.2. The molecule has 0 fully saturated rings. The molecule has 1 heterocycles. The predicted molar refractivity (Wildman–Crippen MR) is 236 cm³/mol. The maximum absolute atomic E-state index is 3.99. The molecule has 0 unspecified atom stereocenters. The van der Waals surface area contributed by atoms with Crippen LogP contribution in [-0.4, -0.2) is 4.57 Å². The topological polar surface area (TPSA) is 8.17 Å². The number of rotatable bonds is 6. The predicted octanol–water partition coefficient (Wildman–Crippen LogP) is 14.9. The monoisotopic (exact) mass is 700 g/mol. The van der Waals surface area contributed by atoms with Crippen LogP contribution in [0.25, 0.3) is 88.1 Å². The summed E-state index contributed by atoms with van der Waals surface area (Å²) in [6.07, 6.45) is 6.14. The van der Waals surface area contributed by atoms with E-state index < -0.39 is 0 Å². The van der Waals surface area contributed by atoms with Crippen molar-refractivity contribution in [2.24, 2.45) is 0 Å². The maximum Gasteiger partial charge on any atom is 0.0561 e. The van der Waals surface area contributed by atoms with Crippen molar-refractivity contribution >= 4 is 77.3 Å². The third kappa shape index (κ3) is 4.75. The van der Waals surface area contributed by atoms with Gasteiger partial charge in [-0.1, -0.05) is 146 Å². The van der Waals surface area contributed by atoms with E-state index in [-0.39, 0.29) is 0 Å². The van der Waals surface area contributed by atoms with Gasteiger partial charge in [-0.3, -0.25) is 0 Å². The Morgan fingerprint density at radius 1 is 0.509 bits per heavy atom. The fourth-order valence-corrected chi connectivity index (χ4v) is 9.13.